The van der Waals surface area contributed by atoms with Gasteiger partial charge in [-0.2, -0.15) is 42.1 Å². The number of halogens is 2. The van der Waals surface area contributed by atoms with Gasteiger partial charge in [-0.25, -0.2) is 0 Å². The van der Waals surface area contributed by atoms with Crippen molar-refractivity contribution >= 4 is 74.8 Å². The van der Waals surface area contributed by atoms with Crippen LogP contribution in [0.1, 0.15) is 40.3 Å². The molecule has 0 aliphatic heterocycles. The summed E-state index contributed by atoms with van der Waals surface area (Å²) in [4.78, 5) is 15.8. The van der Waals surface area contributed by atoms with Crippen LogP contribution in [0.5, 0.6) is 0 Å². The minimum Gasteiger partial charge on any atom is 0.0467 e. The van der Waals surface area contributed by atoms with E-state index in [1.165, 1.54) is 4.90 Å². The molecule has 4 aromatic rings. The molecule has 8 heteroatoms. The van der Waals surface area contributed by atoms with Crippen LogP contribution in [-0.4, -0.2) is 23.9 Å². The number of para-hydroxylation sites is 3. The normalized spacial score (nSPS) is 11.0. The van der Waals surface area contributed by atoms with Crippen LogP contribution in [0.2, 0.25) is 0 Å². The minimum atomic E-state index is 0. The molecular formula is C36H40Br2CoN3PdS+. The second-order valence-electron chi connectivity index (χ2n) is 9.58. The summed E-state index contributed by atoms with van der Waals surface area (Å²) in [5.74, 6) is 0. The first-order chi connectivity index (χ1) is 20.1. The van der Waals surface area contributed by atoms with E-state index in [9.17, 15) is 0 Å². The quantitative estimate of drug-likeness (QED) is 0.0823. The molecule has 0 spiro atoms. The summed E-state index contributed by atoms with van der Waals surface area (Å²) in [6.45, 7) is 14.4. The minimum absolute atomic E-state index is 0. The Morgan fingerprint density at radius 2 is 1.09 bits per heavy atom. The van der Waals surface area contributed by atoms with Crippen LogP contribution in [-0.2, 0) is 31.5 Å². The molecule has 44 heavy (non-hydrogen) atoms. The Labute approximate surface area is 304 Å². The van der Waals surface area contributed by atoms with Crippen LogP contribution in [0.15, 0.2) is 98.7 Å². The Kier molecular flexibility index (Phi) is 21.8. The molecule has 4 aromatic carbocycles. The molecule has 0 aliphatic rings. The van der Waals surface area contributed by atoms with Gasteiger partial charge in [0.15, 0.2) is 0 Å². The van der Waals surface area contributed by atoms with E-state index in [0.717, 1.165) is 67.3 Å². The topological polar surface area (TPSA) is 37.1 Å². The second-order valence-corrected chi connectivity index (χ2v) is 15.7. The molecule has 0 amide bonds. The number of aliphatic imine (C=N–C) groups is 3. The number of aryl methyl sites for hydroxylation is 6. The average Bonchev–Trinajstić information content (AvgIpc) is 2.97. The summed E-state index contributed by atoms with van der Waals surface area (Å²) in [5.41, 5.74) is 11.0. The van der Waals surface area contributed by atoms with Gasteiger partial charge in [-0.05, 0) is 87.2 Å². The van der Waals surface area contributed by atoms with Crippen molar-refractivity contribution in [2.75, 3.05) is 6.26 Å². The molecule has 4 rings (SSSR count). The second kappa shape index (κ2) is 22.7. The first-order valence-corrected chi connectivity index (χ1v) is 19.6. The van der Waals surface area contributed by atoms with Crippen LogP contribution in [0.4, 0.5) is 17.1 Å². The van der Waals surface area contributed by atoms with Crippen molar-refractivity contribution in [2.24, 2.45) is 15.0 Å². The van der Waals surface area contributed by atoms with Crippen molar-refractivity contribution in [3.8, 4) is 0 Å². The molecule has 0 unspecified atom stereocenters. The molecule has 0 atom stereocenters. The number of hydrogen-bond donors (Lipinski definition) is 0. The van der Waals surface area contributed by atoms with Crippen LogP contribution >= 0.6 is 40.1 Å². The molecule has 0 heterocycles. The number of nitrogens with zero attached hydrogens (tertiary/aromatic N) is 3. The number of rotatable bonds is 6. The van der Waals surface area contributed by atoms with Crippen molar-refractivity contribution in [1.29, 1.82) is 0 Å². The van der Waals surface area contributed by atoms with Crippen LogP contribution in [0.3, 0.4) is 0 Å². The fourth-order valence-electron chi connectivity index (χ4n) is 4.08. The average molecular weight is 872 g/mol. The summed E-state index contributed by atoms with van der Waals surface area (Å²) >= 11 is 8.84. The third-order valence-corrected chi connectivity index (χ3v) is 7.03. The van der Waals surface area contributed by atoms with Gasteiger partial charge >= 0.3 is 59.9 Å². The summed E-state index contributed by atoms with van der Waals surface area (Å²) in [6.07, 6.45) is 5.27. The zero-order valence-electron chi connectivity index (χ0n) is 26.7. The Morgan fingerprint density at radius 1 is 0.682 bits per heavy atom. The van der Waals surface area contributed by atoms with Crippen LogP contribution in [0, 0.1) is 55.0 Å². The molecule has 0 aromatic heterocycles. The Balaban J connectivity index is 0.00000121. The molecule has 0 bridgehead atoms. The van der Waals surface area contributed by atoms with Gasteiger partial charge in [-0.1, -0.05) is 78.9 Å². The zero-order valence-corrected chi connectivity index (χ0v) is 33.2. The molecule has 0 radical (unpaired) electrons. The largest absolute Gasteiger partial charge is 2.00 e. The van der Waals surface area contributed by atoms with Crippen LogP contribution < -0.4 is 0 Å². The Bertz CT molecular complexity index is 1480. The first kappa shape index (κ1) is 42.2. The molecule has 0 N–H and O–H groups in total. The smallest absolute Gasteiger partial charge is 0.0467 e. The van der Waals surface area contributed by atoms with Crippen LogP contribution in [0.25, 0.3) is 0 Å². The van der Waals surface area contributed by atoms with Crippen molar-refractivity contribution in [1.82, 2.24) is 0 Å². The zero-order chi connectivity index (χ0) is 31.1. The standard InChI is InChI=1S/C28H30N3.C7H7S.CH3.2BrH.Co.Pd/c1-18-11-8-12-19(2)26(18)29-17-25(31-28-22(5)15-10-16-23(28)6)24(7)30-27-20(3)13-9-14-21(27)4;1-8-7-5-3-2-4-6-7;;;;;/h8-16H,1-7H3;2-5H,1H3;1H3;2*1H;;/q2*-1;+1;;;2*+2/p-2. The van der Waals surface area contributed by atoms with E-state index in [-0.39, 0.29) is 27.8 Å². The number of thioether (sulfide) groups is 1. The van der Waals surface area contributed by atoms with Gasteiger partial charge in [0.05, 0.1) is 11.4 Å². The SMILES string of the molecule is CC(=Nc1c(C)cccc1C)C([C-]=Nc1c(C)cccc1C)=Nc1c(C)cccc1C.CSc1[c-]cccc1.[Br][Co][Br].[CH3+].[Pd+2]. The Morgan fingerprint density at radius 3 is 1.45 bits per heavy atom. The summed E-state index contributed by atoms with van der Waals surface area (Å²) in [5, 5.41) is 0. The fourth-order valence-corrected chi connectivity index (χ4v) is 4.48. The maximum atomic E-state index is 4.97. The molecular weight excluding hydrogens is 832 g/mol. The molecule has 0 aliphatic carbocycles. The van der Waals surface area contributed by atoms with Gasteiger partial charge in [0.25, 0.3) is 0 Å². The number of benzene rings is 4. The van der Waals surface area contributed by atoms with Gasteiger partial charge in [0.1, 0.15) is 0 Å². The molecule has 0 saturated carbocycles. The van der Waals surface area contributed by atoms with E-state index in [0.29, 0.717) is 5.71 Å². The van der Waals surface area contributed by atoms with E-state index in [4.69, 9.17) is 15.0 Å². The monoisotopic (exact) mass is 869 g/mol. The molecule has 3 nitrogen and oxygen atoms in total. The molecule has 0 fully saturated rings. The predicted octanol–water partition coefficient (Wildman–Crippen LogP) is 12.0. The van der Waals surface area contributed by atoms with E-state index in [1.807, 2.05) is 43.5 Å². The maximum Gasteiger partial charge on any atom is 2.00 e. The number of hydrogen-bond acceptors (Lipinski definition) is 4. The van der Waals surface area contributed by atoms with Gasteiger partial charge < -0.3 is 9.98 Å². The van der Waals surface area contributed by atoms with Crippen molar-refractivity contribution < 1.29 is 31.5 Å². The van der Waals surface area contributed by atoms with E-state index < -0.39 is 0 Å². The Hall–Kier alpha value is -1.76. The summed E-state index contributed by atoms with van der Waals surface area (Å²) < 4.78 is 0. The fraction of sp³-hybridized carbons (Fsp3) is 0.222. The van der Waals surface area contributed by atoms with Gasteiger partial charge in [0.2, 0.25) is 0 Å². The predicted molar refractivity (Wildman–Crippen MR) is 196 cm³/mol. The maximum absolute atomic E-state index is 4.97. The van der Waals surface area contributed by atoms with Gasteiger partial charge in [0, 0.05) is 7.43 Å². The van der Waals surface area contributed by atoms with Crippen molar-refractivity contribution in [3.05, 3.63) is 126 Å². The van der Waals surface area contributed by atoms with E-state index in [2.05, 4.69) is 131 Å². The molecule has 237 valence electrons. The van der Waals surface area contributed by atoms with E-state index in [1.54, 1.807) is 11.8 Å². The third kappa shape index (κ3) is 13.7. The molecule has 0 saturated heterocycles. The van der Waals surface area contributed by atoms with Gasteiger partial charge in [-0.15, -0.1) is 4.90 Å². The van der Waals surface area contributed by atoms with Gasteiger partial charge in [-0.3, -0.25) is 4.99 Å². The first-order valence-electron chi connectivity index (χ1n) is 13.3. The van der Waals surface area contributed by atoms with Crippen molar-refractivity contribution in [2.45, 2.75) is 53.4 Å². The third-order valence-electron chi connectivity index (χ3n) is 6.34. The summed E-state index contributed by atoms with van der Waals surface area (Å²) in [6, 6.07) is 29.6. The van der Waals surface area contributed by atoms with Crippen molar-refractivity contribution in [3.63, 3.8) is 0 Å². The summed E-state index contributed by atoms with van der Waals surface area (Å²) in [7, 11) is 0. The van der Waals surface area contributed by atoms with E-state index >= 15 is 0 Å².